The third-order valence-electron chi connectivity index (χ3n) is 4.69. The van der Waals surface area contributed by atoms with E-state index in [1.165, 1.54) is 11.0 Å². The lowest BCUT2D eigenvalue weighted by molar-refractivity contribution is -0.113. The predicted molar refractivity (Wildman–Crippen MR) is 127 cm³/mol. The molecule has 1 saturated heterocycles. The summed E-state index contributed by atoms with van der Waals surface area (Å²) >= 11 is 4.52. The average molecular weight is 477 g/mol. The molecule has 0 aliphatic carbocycles. The molecule has 0 saturated carbocycles. The van der Waals surface area contributed by atoms with Crippen molar-refractivity contribution >= 4 is 45.6 Å². The van der Waals surface area contributed by atoms with E-state index in [-0.39, 0.29) is 21.7 Å². The summed E-state index contributed by atoms with van der Waals surface area (Å²) in [5.74, 6) is -0.0677. The summed E-state index contributed by atoms with van der Waals surface area (Å²) in [6.07, 6.45) is 1.29. The lowest BCUT2D eigenvalue weighted by atomic mass is 10.1. The molecule has 1 amide bonds. The number of ether oxygens (including phenoxy) is 1. The average Bonchev–Trinajstić information content (AvgIpc) is 3.01. The number of carbonyl (C=O) groups is 1. The maximum absolute atomic E-state index is 13.3. The van der Waals surface area contributed by atoms with Gasteiger partial charge in [-0.15, -0.1) is 0 Å². The van der Waals surface area contributed by atoms with Crippen LogP contribution in [0.1, 0.15) is 24.5 Å². The molecule has 1 unspecified atom stereocenters. The van der Waals surface area contributed by atoms with Gasteiger partial charge in [-0.25, -0.2) is 9.89 Å². The number of aliphatic hydroxyl groups excluding tert-OH is 2. The number of aliphatic hydroxyl groups is 2. The largest absolute Gasteiger partial charge is 0.604 e. The Bertz CT molecular complexity index is 1040. The highest BCUT2D eigenvalue weighted by atomic mass is 35.5. The van der Waals surface area contributed by atoms with Crippen LogP contribution in [0.15, 0.2) is 52.4 Å². The second-order valence-corrected chi connectivity index (χ2v) is 8.96. The monoisotopic (exact) mass is 476 g/mol. The van der Waals surface area contributed by atoms with Crippen molar-refractivity contribution in [2.45, 2.75) is 26.4 Å². The topological polar surface area (TPSA) is 105 Å². The molecule has 2 N–H and O–H groups in total. The van der Waals surface area contributed by atoms with Gasteiger partial charge in [-0.2, -0.15) is 0 Å². The Balaban J connectivity index is 1.94. The number of para-hydroxylation sites is 1. The zero-order valence-corrected chi connectivity index (χ0v) is 19.4. The molecule has 9 heteroatoms. The van der Waals surface area contributed by atoms with Crippen LogP contribution in [0.3, 0.4) is 0 Å². The van der Waals surface area contributed by atoms with E-state index in [1.54, 1.807) is 24.3 Å². The third kappa shape index (κ3) is 5.33. The minimum absolute atomic E-state index is 0.109. The molecular weight excluding hydrogens is 452 g/mol. The van der Waals surface area contributed by atoms with Gasteiger partial charge in [0.1, 0.15) is 18.5 Å². The molecule has 1 fully saturated rings. The van der Waals surface area contributed by atoms with Gasteiger partial charge in [0.15, 0.2) is 0 Å². The van der Waals surface area contributed by atoms with Gasteiger partial charge in [0.05, 0.1) is 28.5 Å². The summed E-state index contributed by atoms with van der Waals surface area (Å²) in [6.45, 7) is 3.78. The fourth-order valence-corrected chi connectivity index (χ4v) is 4.54. The van der Waals surface area contributed by atoms with Gasteiger partial charge in [-0.1, -0.05) is 42.8 Å². The number of carbonyl (C=O) groups excluding carboxylic acids is 1. The molecule has 0 spiro atoms. The lowest BCUT2D eigenvalue weighted by Crippen LogP contribution is -2.31. The summed E-state index contributed by atoms with van der Waals surface area (Å²) in [5.41, 5.74) is 2.09. The molecule has 3 rings (SSSR count). The molecule has 1 aliphatic rings. The van der Waals surface area contributed by atoms with E-state index in [0.29, 0.717) is 23.5 Å². The molecule has 0 radical (unpaired) electrons. The predicted octanol–water partition coefficient (Wildman–Crippen LogP) is 3.28. The first kappa shape index (κ1) is 24.3. The van der Waals surface area contributed by atoms with Crippen LogP contribution in [-0.4, -0.2) is 51.7 Å². The van der Waals surface area contributed by atoms with Crippen LogP contribution in [0.4, 0.5) is 5.69 Å². The number of halogens is 1. The summed E-state index contributed by atoms with van der Waals surface area (Å²) in [4.78, 5) is 19.3. The minimum Gasteiger partial charge on any atom is -0.604 e. The SMILES string of the molecule is CCC/N=C1\N(c2ccccc2C)C(=O)/C(=C\c2ccc(OC[C@H](O)CO)c(Cl)c2)[S+]1[O-]. The summed E-state index contributed by atoms with van der Waals surface area (Å²) in [5, 5.41) is 18.8. The first-order chi connectivity index (χ1) is 15.4. The summed E-state index contributed by atoms with van der Waals surface area (Å²) < 4.78 is 18.6. The van der Waals surface area contributed by atoms with E-state index in [0.717, 1.165) is 12.0 Å². The van der Waals surface area contributed by atoms with Crippen LogP contribution in [0.2, 0.25) is 5.02 Å². The Labute approximate surface area is 195 Å². The zero-order chi connectivity index (χ0) is 23.3. The normalized spacial score (nSPS) is 19.8. The Morgan fingerprint density at radius 3 is 2.72 bits per heavy atom. The maximum atomic E-state index is 13.3. The maximum Gasteiger partial charge on any atom is 0.332 e. The van der Waals surface area contributed by atoms with Crippen molar-refractivity contribution in [2.24, 2.45) is 4.99 Å². The van der Waals surface area contributed by atoms with E-state index >= 15 is 0 Å². The van der Waals surface area contributed by atoms with Crippen molar-refractivity contribution in [2.75, 3.05) is 24.7 Å². The zero-order valence-electron chi connectivity index (χ0n) is 17.8. The van der Waals surface area contributed by atoms with E-state index in [2.05, 4.69) is 4.99 Å². The van der Waals surface area contributed by atoms with Crippen molar-refractivity contribution in [3.63, 3.8) is 0 Å². The van der Waals surface area contributed by atoms with Gasteiger partial charge in [-0.3, -0.25) is 4.79 Å². The number of aryl methyl sites for hydroxylation is 1. The van der Waals surface area contributed by atoms with Crippen LogP contribution >= 0.6 is 11.6 Å². The van der Waals surface area contributed by atoms with Crippen molar-refractivity contribution in [3.8, 4) is 5.75 Å². The number of rotatable bonds is 8. The first-order valence-electron chi connectivity index (χ1n) is 10.2. The number of nitrogens with zero attached hydrogens (tertiary/aromatic N) is 2. The number of amides is 1. The van der Waals surface area contributed by atoms with Crippen LogP contribution in [0.25, 0.3) is 6.08 Å². The molecule has 32 heavy (non-hydrogen) atoms. The van der Waals surface area contributed by atoms with Crippen LogP contribution < -0.4 is 9.64 Å². The van der Waals surface area contributed by atoms with Gasteiger partial charge < -0.3 is 19.5 Å². The van der Waals surface area contributed by atoms with Crippen molar-refractivity contribution < 1.29 is 24.3 Å². The first-order valence-corrected chi connectivity index (χ1v) is 11.7. The highest BCUT2D eigenvalue weighted by Crippen LogP contribution is 2.34. The van der Waals surface area contributed by atoms with E-state index in [4.69, 9.17) is 21.4 Å². The quantitative estimate of drug-likeness (QED) is 0.449. The van der Waals surface area contributed by atoms with Crippen molar-refractivity contribution in [1.82, 2.24) is 0 Å². The van der Waals surface area contributed by atoms with Crippen LogP contribution in [0, 0.1) is 6.92 Å². The number of hydrogen-bond donors (Lipinski definition) is 2. The highest BCUT2D eigenvalue weighted by molar-refractivity contribution is 8.12. The second kappa shape index (κ2) is 11.0. The van der Waals surface area contributed by atoms with E-state index < -0.39 is 29.8 Å². The number of benzene rings is 2. The molecular formula is C23H25ClN2O5S. The fourth-order valence-electron chi connectivity index (χ4n) is 3.05. The molecule has 1 aliphatic heterocycles. The highest BCUT2D eigenvalue weighted by Gasteiger charge is 2.47. The van der Waals surface area contributed by atoms with Gasteiger partial charge in [-0.05, 0) is 42.7 Å². The smallest absolute Gasteiger partial charge is 0.332 e. The molecule has 0 bridgehead atoms. The Morgan fingerprint density at radius 1 is 1.31 bits per heavy atom. The van der Waals surface area contributed by atoms with Gasteiger partial charge in [0.25, 0.3) is 0 Å². The lowest BCUT2D eigenvalue weighted by Gasteiger charge is -2.15. The molecule has 2 atom stereocenters. The van der Waals surface area contributed by atoms with Gasteiger partial charge >= 0.3 is 11.1 Å². The number of aliphatic imine (C=N–C) groups is 1. The summed E-state index contributed by atoms with van der Waals surface area (Å²) in [6, 6.07) is 12.2. The fraction of sp³-hybridized carbons (Fsp3) is 0.304. The number of hydrogen-bond acceptors (Lipinski definition) is 6. The molecule has 7 nitrogen and oxygen atoms in total. The minimum atomic E-state index is -1.74. The van der Waals surface area contributed by atoms with Crippen LogP contribution in [0.5, 0.6) is 5.75 Å². The Morgan fingerprint density at radius 2 is 2.06 bits per heavy atom. The number of anilines is 1. The molecule has 2 aromatic rings. The Hall–Kier alpha value is -2.36. The Kier molecular flexibility index (Phi) is 8.33. The van der Waals surface area contributed by atoms with E-state index in [9.17, 15) is 14.5 Å². The van der Waals surface area contributed by atoms with Gasteiger partial charge in [0.2, 0.25) is 4.91 Å². The van der Waals surface area contributed by atoms with E-state index in [1.807, 2.05) is 32.0 Å². The molecule has 170 valence electrons. The molecule has 2 aromatic carbocycles. The molecule has 1 heterocycles. The second-order valence-electron chi connectivity index (χ2n) is 7.21. The van der Waals surface area contributed by atoms with Crippen molar-refractivity contribution in [3.05, 3.63) is 63.5 Å². The van der Waals surface area contributed by atoms with Crippen molar-refractivity contribution in [1.29, 1.82) is 0 Å². The standard InChI is InChI=1S/C23H25ClN2O5S/c1-3-10-25-23-26(19-7-5-4-6-15(19)2)22(29)21(32(23)30)12-16-8-9-20(18(24)11-16)31-14-17(28)13-27/h4-9,11-12,17,27-28H,3,10,13-14H2,1-2H3/b21-12+,25-23+/t17-,32?/m1/s1. The summed E-state index contributed by atoms with van der Waals surface area (Å²) in [7, 11) is 0. The van der Waals surface area contributed by atoms with Gasteiger partial charge in [0, 0.05) is 12.6 Å². The molecule has 0 aromatic heterocycles. The third-order valence-corrected chi connectivity index (χ3v) is 6.32. The number of amidine groups is 1. The van der Waals surface area contributed by atoms with Crippen LogP contribution in [-0.2, 0) is 16.0 Å².